The first kappa shape index (κ1) is 17.1. The maximum absolute atomic E-state index is 12.0. The average molecular weight is 311 g/mol. The van der Waals surface area contributed by atoms with Crippen LogP contribution in [-0.2, 0) is 11.2 Å². The third-order valence-corrected chi connectivity index (χ3v) is 3.82. The Morgan fingerprint density at radius 3 is 2.52 bits per heavy atom. The Morgan fingerprint density at radius 2 is 1.83 bits per heavy atom. The van der Waals surface area contributed by atoms with E-state index in [0.717, 1.165) is 29.0 Å². The van der Waals surface area contributed by atoms with Crippen LogP contribution in [0.5, 0.6) is 5.75 Å². The van der Waals surface area contributed by atoms with E-state index in [9.17, 15) is 4.79 Å². The van der Waals surface area contributed by atoms with Crippen molar-refractivity contribution in [3.8, 4) is 5.75 Å². The predicted molar refractivity (Wildman–Crippen MR) is 95.1 cm³/mol. The van der Waals surface area contributed by atoms with E-state index >= 15 is 0 Å². The molecule has 3 heteroatoms. The van der Waals surface area contributed by atoms with Gasteiger partial charge in [-0.15, -0.1) is 0 Å². The van der Waals surface area contributed by atoms with Crippen LogP contribution in [0, 0.1) is 13.8 Å². The summed E-state index contributed by atoms with van der Waals surface area (Å²) in [5, 5.41) is 2.97. The Balaban J connectivity index is 1.73. The lowest BCUT2D eigenvalue weighted by Crippen LogP contribution is -2.13. The van der Waals surface area contributed by atoms with E-state index in [0.29, 0.717) is 19.4 Å². The summed E-state index contributed by atoms with van der Waals surface area (Å²) in [6.45, 7) is 6.70. The minimum absolute atomic E-state index is 0.0311. The fourth-order valence-electron chi connectivity index (χ4n) is 2.33. The summed E-state index contributed by atoms with van der Waals surface area (Å²) >= 11 is 0. The Bertz CT molecular complexity index is 647. The third kappa shape index (κ3) is 5.44. The van der Waals surface area contributed by atoms with Gasteiger partial charge in [-0.1, -0.05) is 31.2 Å². The number of carbonyl (C=O) groups excluding carboxylic acids is 1. The first-order chi connectivity index (χ1) is 11.1. The van der Waals surface area contributed by atoms with Gasteiger partial charge >= 0.3 is 0 Å². The zero-order valence-electron chi connectivity index (χ0n) is 14.2. The number of ether oxygens (including phenoxy) is 1. The molecule has 0 saturated heterocycles. The van der Waals surface area contributed by atoms with E-state index < -0.39 is 0 Å². The molecular formula is C20H25NO2. The van der Waals surface area contributed by atoms with Gasteiger partial charge in [-0.3, -0.25) is 4.79 Å². The lowest BCUT2D eigenvalue weighted by Gasteiger charge is -2.10. The van der Waals surface area contributed by atoms with Crippen molar-refractivity contribution in [1.82, 2.24) is 0 Å². The molecule has 1 N–H and O–H groups in total. The Labute approximate surface area is 138 Å². The number of rotatable bonds is 7. The molecule has 3 nitrogen and oxygen atoms in total. The van der Waals surface area contributed by atoms with Gasteiger partial charge in [-0.2, -0.15) is 0 Å². The molecule has 0 aliphatic rings. The zero-order chi connectivity index (χ0) is 16.7. The number of hydrogen-bond donors (Lipinski definition) is 1. The molecule has 0 heterocycles. The van der Waals surface area contributed by atoms with Crippen LogP contribution < -0.4 is 10.1 Å². The maximum Gasteiger partial charge on any atom is 0.224 e. The summed E-state index contributed by atoms with van der Waals surface area (Å²) in [5.41, 5.74) is 4.41. The molecule has 23 heavy (non-hydrogen) atoms. The molecule has 2 aromatic carbocycles. The normalized spacial score (nSPS) is 10.4. The van der Waals surface area contributed by atoms with E-state index in [4.69, 9.17) is 4.74 Å². The van der Waals surface area contributed by atoms with Crippen LogP contribution in [-0.4, -0.2) is 12.5 Å². The van der Waals surface area contributed by atoms with Crippen molar-refractivity contribution in [1.29, 1.82) is 0 Å². The molecule has 0 atom stereocenters. The quantitative estimate of drug-likeness (QED) is 0.755. The minimum Gasteiger partial charge on any atom is -0.494 e. The summed E-state index contributed by atoms with van der Waals surface area (Å²) in [6.07, 6.45) is 2.19. The van der Waals surface area contributed by atoms with Crippen molar-refractivity contribution in [2.45, 2.75) is 40.0 Å². The molecule has 2 aromatic rings. The molecule has 0 saturated carbocycles. The van der Waals surface area contributed by atoms with Gasteiger partial charge < -0.3 is 10.1 Å². The topological polar surface area (TPSA) is 38.3 Å². The molecule has 0 aliphatic heterocycles. The second-order valence-corrected chi connectivity index (χ2v) is 5.82. The molecule has 0 aromatic heterocycles. The predicted octanol–water partition coefficient (Wildman–Crippen LogP) is 4.66. The number of nitrogens with one attached hydrogen (secondary N) is 1. The van der Waals surface area contributed by atoms with Crippen LogP contribution in [0.15, 0.2) is 42.5 Å². The summed E-state index contributed by atoms with van der Waals surface area (Å²) in [4.78, 5) is 12.0. The van der Waals surface area contributed by atoms with Gasteiger partial charge in [0.25, 0.3) is 0 Å². The SMILES string of the molecule is CCc1ccc(OCCCC(=O)Nc2cc(C)ccc2C)cc1. The molecular weight excluding hydrogens is 286 g/mol. The van der Waals surface area contributed by atoms with E-state index in [1.54, 1.807) is 0 Å². The first-order valence-electron chi connectivity index (χ1n) is 8.17. The van der Waals surface area contributed by atoms with Gasteiger partial charge in [0, 0.05) is 12.1 Å². The highest BCUT2D eigenvalue weighted by Gasteiger charge is 2.05. The van der Waals surface area contributed by atoms with E-state index in [-0.39, 0.29) is 5.91 Å². The number of carbonyl (C=O) groups is 1. The lowest BCUT2D eigenvalue weighted by atomic mass is 10.1. The zero-order valence-corrected chi connectivity index (χ0v) is 14.2. The standard InChI is InChI=1S/C20H25NO2/c1-4-17-9-11-18(12-10-17)23-13-5-6-20(22)21-19-14-15(2)7-8-16(19)3/h7-12,14H,4-6,13H2,1-3H3,(H,21,22). The number of anilines is 1. The molecule has 122 valence electrons. The van der Waals surface area contributed by atoms with E-state index in [1.165, 1.54) is 5.56 Å². The smallest absolute Gasteiger partial charge is 0.224 e. The van der Waals surface area contributed by atoms with Gasteiger partial charge in [0.1, 0.15) is 5.75 Å². The van der Waals surface area contributed by atoms with Crippen LogP contribution in [0.3, 0.4) is 0 Å². The molecule has 2 rings (SSSR count). The highest BCUT2D eigenvalue weighted by Crippen LogP contribution is 2.17. The van der Waals surface area contributed by atoms with Crippen molar-refractivity contribution in [2.75, 3.05) is 11.9 Å². The average Bonchev–Trinajstić information content (AvgIpc) is 2.55. The highest BCUT2D eigenvalue weighted by molar-refractivity contribution is 5.91. The molecule has 0 bridgehead atoms. The Kier molecular flexibility index (Phi) is 6.21. The van der Waals surface area contributed by atoms with Gasteiger partial charge in [-0.25, -0.2) is 0 Å². The lowest BCUT2D eigenvalue weighted by molar-refractivity contribution is -0.116. The summed E-state index contributed by atoms with van der Waals surface area (Å²) in [7, 11) is 0. The molecule has 0 spiro atoms. The summed E-state index contributed by atoms with van der Waals surface area (Å²) < 4.78 is 5.67. The van der Waals surface area contributed by atoms with Gasteiger partial charge in [0.2, 0.25) is 5.91 Å². The maximum atomic E-state index is 12.0. The third-order valence-electron chi connectivity index (χ3n) is 3.82. The second kappa shape index (κ2) is 8.37. The van der Waals surface area contributed by atoms with E-state index in [2.05, 4.69) is 24.4 Å². The highest BCUT2D eigenvalue weighted by atomic mass is 16.5. The summed E-state index contributed by atoms with van der Waals surface area (Å²) in [6, 6.07) is 14.2. The number of amides is 1. The van der Waals surface area contributed by atoms with Gasteiger partial charge in [-0.05, 0) is 61.6 Å². The van der Waals surface area contributed by atoms with Crippen LogP contribution in [0.2, 0.25) is 0 Å². The first-order valence-corrected chi connectivity index (χ1v) is 8.17. The van der Waals surface area contributed by atoms with Crippen LogP contribution in [0.1, 0.15) is 36.5 Å². The van der Waals surface area contributed by atoms with Crippen molar-refractivity contribution in [3.05, 3.63) is 59.2 Å². The molecule has 0 radical (unpaired) electrons. The van der Waals surface area contributed by atoms with Crippen LogP contribution in [0.4, 0.5) is 5.69 Å². The van der Waals surface area contributed by atoms with E-state index in [1.807, 2.05) is 44.2 Å². The van der Waals surface area contributed by atoms with Crippen LogP contribution >= 0.6 is 0 Å². The fourth-order valence-corrected chi connectivity index (χ4v) is 2.33. The fraction of sp³-hybridized carbons (Fsp3) is 0.350. The van der Waals surface area contributed by atoms with Crippen molar-refractivity contribution >= 4 is 11.6 Å². The molecule has 0 unspecified atom stereocenters. The number of hydrogen-bond acceptors (Lipinski definition) is 2. The number of benzene rings is 2. The van der Waals surface area contributed by atoms with Crippen molar-refractivity contribution in [3.63, 3.8) is 0 Å². The molecule has 1 amide bonds. The van der Waals surface area contributed by atoms with Crippen LogP contribution in [0.25, 0.3) is 0 Å². The molecule has 0 fully saturated rings. The second-order valence-electron chi connectivity index (χ2n) is 5.82. The Hall–Kier alpha value is -2.29. The van der Waals surface area contributed by atoms with Crippen molar-refractivity contribution < 1.29 is 9.53 Å². The summed E-state index contributed by atoms with van der Waals surface area (Å²) in [5.74, 6) is 0.890. The van der Waals surface area contributed by atoms with Gasteiger partial charge in [0.05, 0.1) is 6.61 Å². The number of aryl methyl sites for hydroxylation is 3. The Morgan fingerprint density at radius 1 is 1.09 bits per heavy atom. The molecule has 0 aliphatic carbocycles. The minimum atomic E-state index is 0.0311. The largest absolute Gasteiger partial charge is 0.494 e. The van der Waals surface area contributed by atoms with Crippen molar-refractivity contribution in [2.24, 2.45) is 0 Å². The van der Waals surface area contributed by atoms with Gasteiger partial charge in [0.15, 0.2) is 0 Å². The monoisotopic (exact) mass is 311 g/mol.